The molecule has 0 spiro atoms. The molecule has 3 aromatic carbocycles. The Kier molecular flexibility index (Phi) is 5.99. The van der Waals surface area contributed by atoms with Crippen LogP contribution in [0.3, 0.4) is 0 Å². The zero-order chi connectivity index (χ0) is 27.8. The summed E-state index contributed by atoms with van der Waals surface area (Å²) in [6, 6.07) is 20.3. The third kappa shape index (κ3) is 4.28. The zero-order valence-corrected chi connectivity index (χ0v) is 19.9. The highest BCUT2D eigenvalue weighted by atomic mass is 16.4. The second-order valence-corrected chi connectivity index (χ2v) is 8.73. The number of benzene rings is 3. The van der Waals surface area contributed by atoms with Gasteiger partial charge in [0.05, 0.1) is 63.5 Å². The molecule has 10 heteroatoms. The van der Waals surface area contributed by atoms with Gasteiger partial charge in [-0.3, -0.25) is 9.59 Å². The van der Waals surface area contributed by atoms with Crippen LogP contribution in [-0.2, 0) is 16.1 Å². The van der Waals surface area contributed by atoms with E-state index in [-0.39, 0.29) is 51.3 Å². The van der Waals surface area contributed by atoms with Crippen LogP contribution >= 0.6 is 0 Å². The van der Waals surface area contributed by atoms with Crippen molar-refractivity contribution in [1.29, 1.82) is 10.5 Å². The van der Waals surface area contributed by atoms with Crippen molar-refractivity contribution in [2.75, 3.05) is 0 Å². The minimum Gasteiger partial charge on any atom is -0.478 e. The fraction of sp³-hybridized carbons (Fsp3) is 0.0345. The molecule has 0 bridgehead atoms. The van der Waals surface area contributed by atoms with Gasteiger partial charge in [0.25, 0.3) is 11.8 Å². The summed E-state index contributed by atoms with van der Waals surface area (Å²) in [4.78, 5) is 51.8. The average Bonchev–Trinajstić information content (AvgIpc) is 3.42. The number of nitrogens with zero attached hydrogens (tertiary/aromatic N) is 3. The molecule has 5 rings (SSSR count). The molecule has 0 aromatic heterocycles. The first-order valence-electron chi connectivity index (χ1n) is 11.5. The Hall–Kier alpha value is -6.00. The van der Waals surface area contributed by atoms with Gasteiger partial charge in [-0.1, -0.05) is 24.3 Å². The van der Waals surface area contributed by atoms with Crippen molar-refractivity contribution in [3.8, 4) is 12.1 Å². The summed E-state index contributed by atoms with van der Waals surface area (Å²) >= 11 is 0. The van der Waals surface area contributed by atoms with Crippen LogP contribution in [-0.4, -0.2) is 38.9 Å². The van der Waals surface area contributed by atoms with Crippen molar-refractivity contribution in [3.63, 3.8) is 0 Å². The molecular formula is C29H16N4O6. The molecule has 0 unspecified atom stereocenters. The molecule has 2 amide bonds. The highest BCUT2D eigenvalue weighted by Crippen LogP contribution is 2.43. The largest absolute Gasteiger partial charge is 0.478 e. The van der Waals surface area contributed by atoms with E-state index in [4.69, 9.17) is 0 Å². The van der Waals surface area contributed by atoms with Gasteiger partial charge in [-0.2, -0.15) is 10.5 Å². The third-order valence-corrected chi connectivity index (χ3v) is 6.30. The average molecular weight is 516 g/mol. The summed E-state index contributed by atoms with van der Waals surface area (Å²) in [6.45, 7) is -0.252. The molecule has 0 saturated heterocycles. The SMILES string of the molecule is N#Cc1cccc(C2=C3C(=O)N(Cc4cc(C(=O)O)cc(C(=O)O)c4)C(c4cccc(C#N)c4)=C3C(=O)N2)c1. The van der Waals surface area contributed by atoms with Crippen molar-refractivity contribution < 1.29 is 29.4 Å². The number of hydrogen-bond acceptors (Lipinski definition) is 6. The normalized spacial score (nSPS) is 14.2. The molecule has 0 fully saturated rings. The van der Waals surface area contributed by atoms with Gasteiger partial charge < -0.3 is 20.4 Å². The smallest absolute Gasteiger partial charge is 0.335 e. The number of nitrogens with one attached hydrogen (secondary N) is 1. The molecule has 188 valence electrons. The summed E-state index contributed by atoms with van der Waals surface area (Å²) in [5.41, 5.74) is 1.61. The van der Waals surface area contributed by atoms with Crippen molar-refractivity contribution >= 4 is 35.1 Å². The number of carboxylic acid groups (broad SMARTS) is 2. The Labute approximate surface area is 220 Å². The molecule has 3 N–H and O–H groups in total. The first-order chi connectivity index (χ1) is 18.7. The topological polar surface area (TPSA) is 172 Å². The Morgan fingerprint density at radius 2 is 1.36 bits per heavy atom. The maximum absolute atomic E-state index is 13.9. The van der Waals surface area contributed by atoms with E-state index in [2.05, 4.69) is 5.32 Å². The highest BCUT2D eigenvalue weighted by molar-refractivity contribution is 6.30. The molecule has 10 nitrogen and oxygen atoms in total. The van der Waals surface area contributed by atoms with Crippen LogP contribution in [0.5, 0.6) is 0 Å². The second-order valence-electron chi connectivity index (χ2n) is 8.73. The van der Waals surface area contributed by atoms with Crippen molar-refractivity contribution in [2.24, 2.45) is 0 Å². The van der Waals surface area contributed by atoms with E-state index in [9.17, 15) is 39.9 Å². The van der Waals surface area contributed by atoms with Crippen LogP contribution in [0.2, 0.25) is 0 Å². The number of hydrogen-bond donors (Lipinski definition) is 3. The van der Waals surface area contributed by atoms with Crippen molar-refractivity contribution in [2.45, 2.75) is 6.54 Å². The molecule has 3 aromatic rings. The summed E-state index contributed by atoms with van der Waals surface area (Å²) in [5, 5.41) is 40.4. The van der Waals surface area contributed by atoms with Gasteiger partial charge in [0.2, 0.25) is 0 Å². The Balaban J connectivity index is 1.72. The predicted octanol–water partition coefficient (Wildman–Crippen LogP) is 3.12. The van der Waals surface area contributed by atoms with E-state index in [0.29, 0.717) is 16.7 Å². The number of rotatable bonds is 6. The molecule has 0 saturated carbocycles. The van der Waals surface area contributed by atoms with Gasteiger partial charge in [-0.25, -0.2) is 9.59 Å². The van der Waals surface area contributed by atoms with Gasteiger partial charge in [-0.15, -0.1) is 0 Å². The van der Waals surface area contributed by atoms with Gasteiger partial charge in [-0.05, 0) is 48.0 Å². The lowest BCUT2D eigenvalue weighted by atomic mass is 10.0. The monoisotopic (exact) mass is 516 g/mol. The lowest BCUT2D eigenvalue weighted by Crippen LogP contribution is -2.27. The van der Waals surface area contributed by atoms with Gasteiger partial charge in [0.1, 0.15) is 0 Å². The minimum absolute atomic E-state index is 0.0558. The first kappa shape index (κ1) is 24.7. The number of carboxylic acids is 2. The van der Waals surface area contributed by atoms with Gasteiger partial charge >= 0.3 is 11.9 Å². The van der Waals surface area contributed by atoms with Crippen molar-refractivity contribution in [1.82, 2.24) is 10.2 Å². The summed E-state index contributed by atoms with van der Waals surface area (Å²) < 4.78 is 0. The standard InChI is InChI=1S/C29H16N4O6/c30-12-15-3-1-5-18(7-15)24-22-23(26(34)32-24)25(19-6-2-4-16(8-19)13-31)33(27(22)35)14-17-9-20(28(36)37)11-21(10-17)29(38)39/h1-11H,14H2,(H,32,34)(H,36,37)(H,38,39). The number of fused-ring (bicyclic) bond motifs is 1. The quantitative estimate of drug-likeness (QED) is 0.448. The van der Waals surface area contributed by atoms with E-state index in [1.807, 2.05) is 12.1 Å². The molecule has 2 aliphatic heterocycles. The summed E-state index contributed by atoms with van der Waals surface area (Å²) in [5.74, 6) is -3.84. The van der Waals surface area contributed by atoms with Gasteiger partial charge in [0, 0.05) is 11.1 Å². The molecule has 0 aliphatic carbocycles. The van der Waals surface area contributed by atoms with Crippen LogP contribution in [0.15, 0.2) is 77.9 Å². The third-order valence-electron chi connectivity index (χ3n) is 6.30. The first-order valence-corrected chi connectivity index (χ1v) is 11.5. The van der Waals surface area contributed by atoms with Crippen molar-refractivity contribution in [3.05, 3.63) is 117 Å². The van der Waals surface area contributed by atoms with Crippen LogP contribution in [0, 0.1) is 22.7 Å². The lowest BCUT2D eigenvalue weighted by molar-refractivity contribution is -0.123. The Bertz CT molecular complexity index is 1760. The predicted molar refractivity (Wildman–Crippen MR) is 135 cm³/mol. The maximum atomic E-state index is 13.9. The van der Waals surface area contributed by atoms with E-state index in [1.165, 1.54) is 29.2 Å². The molecule has 2 heterocycles. The fourth-order valence-electron chi connectivity index (χ4n) is 4.65. The Morgan fingerprint density at radius 1 is 0.795 bits per heavy atom. The van der Waals surface area contributed by atoms with Gasteiger partial charge in [0.15, 0.2) is 0 Å². The van der Waals surface area contributed by atoms with Crippen LogP contribution in [0.1, 0.15) is 48.5 Å². The number of amides is 2. The Morgan fingerprint density at radius 3 is 1.92 bits per heavy atom. The summed E-state index contributed by atoms with van der Waals surface area (Å²) in [7, 11) is 0. The molecular weight excluding hydrogens is 500 g/mol. The second kappa shape index (κ2) is 9.47. The summed E-state index contributed by atoms with van der Waals surface area (Å²) in [6.07, 6.45) is 0. The molecule has 39 heavy (non-hydrogen) atoms. The van der Waals surface area contributed by atoms with E-state index in [1.54, 1.807) is 36.4 Å². The van der Waals surface area contributed by atoms with Crippen LogP contribution in [0.25, 0.3) is 11.4 Å². The fourth-order valence-corrected chi connectivity index (χ4v) is 4.65. The maximum Gasteiger partial charge on any atom is 0.335 e. The zero-order valence-electron chi connectivity index (χ0n) is 19.9. The van der Waals surface area contributed by atoms with E-state index in [0.717, 1.165) is 6.07 Å². The number of aromatic carboxylic acids is 2. The number of carbonyl (C=O) groups is 4. The molecule has 2 aliphatic rings. The number of nitriles is 2. The van der Waals surface area contributed by atoms with E-state index < -0.39 is 23.8 Å². The van der Waals surface area contributed by atoms with Crippen LogP contribution in [0.4, 0.5) is 0 Å². The molecule has 0 atom stereocenters. The number of carbonyl (C=O) groups excluding carboxylic acids is 2. The highest BCUT2D eigenvalue weighted by Gasteiger charge is 2.45. The van der Waals surface area contributed by atoms with E-state index >= 15 is 0 Å². The lowest BCUT2D eigenvalue weighted by Gasteiger charge is -2.22. The molecule has 0 radical (unpaired) electrons. The minimum atomic E-state index is -1.34. The van der Waals surface area contributed by atoms with Crippen LogP contribution < -0.4 is 5.32 Å².